The first kappa shape index (κ1) is 15.7. The number of rotatable bonds is 9. The van der Waals surface area contributed by atoms with Crippen molar-refractivity contribution in [3.8, 4) is 5.75 Å². The van der Waals surface area contributed by atoms with Gasteiger partial charge in [0.1, 0.15) is 12.4 Å². The highest BCUT2D eigenvalue weighted by molar-refractivity contribution is 7.98. The van der Waals surface area contributed by atoms with E-state index in [0.29, 0.717) is 12.2 Å². The molecule has 0 radical (unpaired) electrons. The number of oxime groups is 1. The van der Waals surface area contributed by atoms with Crippen LogP contribution < -0.4 is 15.8 Å². The molecule has 0 aromatic heterocycles. The molecule has 0 saturated carbocycles. The fourth-order valence-corrected chi connectivity index (χ4v) is 1.92. The Balaban J connectivity index is 2.19. The van der Waals surface area contributed by atoms with Gasteiger partial charge in [0.2, 0.25) is 0 Å². The van der Waals surface area contributed by atoms with Crippen molar-refractivity contribution in [2.24, 2.45) is 10.9 Å². The Morgan fingerprint density at radius 3 is 2.74 bits per heavy atom. The van der Waals surface area contributed by atoms with Crippen molar-refractivity contribution in [3.63, 3.8) is 0 Å². The van der Waals surface area contributed by atoms with E-state index >= 15 is 0 Å². The van der Waals surface area contributed by atoms with Gasteiger partial charge in [0.25, 0.3) is 0 Å². The minimum atomic E-state index is 0.0991. The van der Waals surface area contributed by atoms with Crippen molar-refractivity contribution < 1.29 is 9.94 Å². The van der Waals surface area contributed by atoms with Gasteiger partial charge in [0.05, 0.1) is 0 Å². The third-order valence-electron chi connectivity index (χ3n) is 2.51. The molecular formula is C13H21N3O2S. The number of ether oxygens (including phenoxy) is 1. The molecule has 106 valence electrons. The van der Waals surface area contributed by atoms with Crippen LogP contribution in [0.15, 0.2) is 29.4 Å². The molecule has 1 rings (SSSR count). The highest BCUT2D eigenvalue weighted by atomic mass is 32.2. The van der Waals surface area contributed by atoms with Crippen molar-refractivity contribution in [2.75, 3.05) is 31.7 Å². The molecule has 0 fully saturated rings. The number of hydrogen-bond acceptors (Lipinski definition) is 5. The van der Waals surface area contributed by atoms with Crippen LogP contribution in [0.1, 0.15) is 12.0 Å². The van der Waals surface area contributed by atoms with Gasteiger partial charge in [-0.25, -0.2) is 0 Å². The van der Waals surface area contributed by atoms with Gasteiger partial charge in [0.15, 0.2) is 5.84 Å². The lowest BCUT2D eigenvalue weighted by molar-refractivity contribution is 0.314. The van der Waals surface area contributed by atoms with E-state index in [-0.39, 0.29) is 5.84 Å². The average molecular weight is 283 g/mol. The number of hydrogen-bond donors (Lipinski definition) is 3. The van der Waals surface area contributed by atoms with Crippen LogP contribution in [0.3, 0.4) is 0 Å². The SMILES string of the molecule is CSCCCNCCOc1ccc(C(N)=NO)cc1. The molecular weight excluding hydrogens is 262 g/mol. The van der Waals surface area contributed by atoms with Crippen LogP contribution in [-0.2, 0) is 0 Å². The minimum Gasteiger partial charge on any atom is -0.492 e. The summed E-state index contributed by atoms with van der Waals surface area (Å²) in [6, 6.07) is 7.13. The van der Waals surface area contributed by atoms with E-state index < -0.39 is 0 Å². The summed E-state index contributed by atoms with van der Waals surface area (Å²) in [6.07, 6.45) is 3.29. The van der Waals surface area contributed by atoms with E-state index in [1.165, 1.54) is 12.2 Å². The number of nitrogens with one attached hydrogen (secondary N) is 1. The first-order chi connectivity index (χ1) is 9.27. The third-order valence-corrected chi connectivity index (χ3v) is 3.20. The fourth-order valence-electron chi connectivity index (χ4n) is 1.49. The van der Waals surface area contributed by atoms with Gasteiger partial charge < -0.3 is 21.0 Å². The molecule has 0 aliphatic rings. The van der Waals surface area contributed by atoms with Crippen LogP contribution in [0, 0.1) is 0 Å². The van der Waals surface area contributed by atoms with Crippen molar-refractivity contribution in [2.45, 2.75) is 6.42 Å². The minimum absolute atomic E-state index is 0.0991. The zero-order valence-corrected chi connectivity index (χ0v) is 11.9. The summed E-state index contributed by atoms with van der Waals surface area (Å²) < 4.78 is 5.57. The quantitative estimate of drug-likeness (QED) is 0.210. The molecule has 19 heavy (non-hydrogen) atoms. The van der Waals surface area contributed by atoms with Crippen LogP contribution in [0.25, 0.3) is 0 Å². The maximum atomic E-state index is 8.54. The Morgan fingerprint density at radius 2 is 2.11 bits per heavy atom. The van der Waals surface area contributed by atoms with Gasteiger partial charge >= 0.3 is 0 Å². The maximum Gasteiger partial charge on any atom is 0.170 e. The van der Waals surface area contributed by atoms with Crippen LogP contribution in [-0.4, -0.2) is 42.7 Å². The van der Waals surface area contributed by atoms with E-state index in [2.05, 4.69) is 16.7 Å². The standard InChI is InChI=1S/C13H21N3O2S/c1-19-10-2-7-15-8-9-18-12-5-3-11(4-6-12)13(14)16-17/h3-6,15,17H,2,7-10H2,1H3,(H2,14,16). The van der Waals surface area contributed by atoms with E-state index in [4.69, 9.17) is 15.7 Å². The molecule has 0 saturated heterocycles. The van der Waals surface area contributed by atoms with E-state index in [1.54, 1.807) is 24.3 Å². The highest BCUT2D eigenvalue weighted by Crippen LogP contribution is 2.11. The van der Waals surface area contributed by atoms with Gasteiger partial charge in [-0.3, -0.25) is 0 Å². The van der Waals surface area contributed by atoms with E-state index in [0.717, 1.165) is 18.8 Å². The van der Waals surface area contributed by atoms with Crippen molar-refractivity contribution in [1.82, 2.24) is 5.32 Å². The Morgan fingerprint density at radius 1 is 1.37 bits per heavy atom. The maximum absolute atomic E-state index is 8.54. The van der Waals surface area contributed by atoms with Gasteiger partial charge in [-0.2, -0.15) is 11.8 Å². The van der Waals surface area contributed by atoms with Crippen molar-refractivity contribution in [3.05, 3.63) is 29.8 Å². The number of nitrogens with zero attached hydrogens (tertiary/aromatic N) is 1. The summed E-state index contributed by atoms with van der Waals surface area (Å²) in [4.78, 5) is 0. The molecule has 0 atom stereocenters. The van der Waals surface area contributed by atoms with Crippen LogP contribution >= 0.6 is 11.8 Å². The lowest BCUT2D eigenvalue weighted by atomic mass is 10.2. The summed E-state index contributed by atoms with van der Waals surface area (Å²) in [7, 11) is 0. The van der Waals surface area contributed by atoms with E-state index in [9.17, 15) is 0 Å². The predicted molar refractivity (Wildman–Crippen MR) is 80.3 cm³/mol. The Hall–Kier alpha value is -1.40. The normalized spacial score (nSPS) is 11.5. The number of benzene rings is 1. The zero-order valence-electron chi connectivity index (χ0n) is 11.1. The lowest BCUT2D eigenvalue weighted by Crippen LogP contribution is -2.22. The summed E-state index contributed by atoms with van der Waals surface area (Å²) >= 11 is 1.86. The lowest BCUT2D eigenvalue weighted by Gasteiger charge is -2.08. The first-order valence-electron chi connectivity index (χ1n) is 6.18. The summed E-state index contributed by atoms with van der Waals surface area (Å²) in [5, 5.41) is 14.8. The number of amidine groups is 1. The number of nitrogens with two attached hydrogens (primary N) is 1. The molecule has 5 nitrogen and oxygen atoms in total. The van der Waals surface area contributed by atoms with Gasteiger partial charge in [0, 0.05) is 12.1 Å². The number of thioether (sulfide) groups is 1. The second-order valence-electron chi connectivity index (χ2n) is 3.95. The average Bonchev–Trinajstić information content (AvgIpc) is 2.46. The highest BCUT2D eigenvalue weighted by Gasteiger charge is 1.99. The molecule has 4 N–H and O–H groups in total. The van der Waals surface area contributed by atoms with Crippen LogP contribution in [0.2, 0.25) is 0 Å². The smallest absolute Gasteiger partial charge is 0.170 e. The molecule has 0 aliphatic carbocycles. The molecule has 1 aromatic carbocycles. The molecule has 0 spiro atoms. The predicted octanol–water partition coefficient (Wildman–Crippen LogP) is 1.50. The Kier molecular flexibility index (Phi) is 7.84. The topological polar surface area (TPSA) is 79.9 Å². The third kappa shape index (κ3) is 6.35. The van der Waals surface area contributed by atoms with Gasteiger partial charge in [-0.15, -0.1) is 0 Å². The summed E-state index contributed by atoms with van der Waals surface area (Å²) in [6.45, 7) is 2.48. The molecule has 0 unspecified atom stereocenters. The van der Waals surface area contributed by atoms with Gasteiger partial charge in [-0.05, 0) is 49.2 Å². The molecule has 0 amide bonds. The summed E-state index contributed by atoms with van der Waals surface area (Å²) in [5.41, 5.74) is 6.14. The summed E-state index contributed by atoms with van der Waals surface area (Å²) in [5.74, 6) is 2.06. The van der Waals surface area contributed by atoms with Crippen LogP contribution in [0.5, 0.6) is 5.75 Å². The van der Waals surface area contributed by atoms with Crippen molar-refractivity contribution in [1.29, 1.82) is 0 Å². The largest absolute Gasteiger partial charge is 0.492 e. The first-order valence-corrected chi connectivity index (χ1v) is 7.57. The second-order valence-corrected chi connectivity index (χ2v) is 4.94. The van der Waals surface area contributed by atoms with Gasteiger partial charge in [-0.1, -0.05) is 5.16 Å². The Labute approximate surface area is 118 Å². The van der Waals surface area contributed by atoms with Crippen LogP contribution in [0.4, 0.5) is 0 Å². The zero-order chi connectivity index (χ0) is 13.9. The molecule has 1 aromatic rings. The van der Waals surface area contributed by atoms with Crippen molar-refractivity contribution >= 4 is 17.6 Å². The molecule has 0 bridgehead atoms. The molecule has 6 heteroatoms. The Bertz CT molecular complexity index is 382. The molecule has 0 heterocycles. The van der Waals surface area contributed by atoms with E-state index in [1.807, 2.05) is 11.8 Å². The fraction of sp³-hybridized carbons (Fsp3) is 0.462. The monoisotopic (exact) mass is 283 g/mol. The second kappa shape index (κ2) is 9.52. The molecule has 0 aliphatic heterocycles.